The van der Waals surface area contributed by atoms with Gasteiger partial charge in [0, 0.05) is 0 Å². The van der Waals surface area contributed by atoms with Gasteiger partial charge in [0.2, 0.25) is 0 Å². The predicted octanol–water partition coefficient (Wildman–Crippen LogP) is -0.768. The van der Waals surface area contributed by atoms with Crippen LogP contribution in [0.2, 0.25) is 6.82 Å². The van der Waals surface area contributed by atoms with E-state index in [-0.39, 0.29) is 0 Å². The summed E-state index contributed by atoms with van der Waals surface area (Å²) in [5.41, 5.74) is 4.85. The Morgan fingerprint density at radius 3 is 2.00 bits per heavy atom. The standard InChI is InChI=1S/CH5B2N/c1-2-3-4/h4H2,1H3. The van der Waals surface area contributed by atoms with Crippen LogP contribution in [0, 0.1) is 0 Å². The molecule has 0 amide bonds. The summed E-state index contributed by atoms with van der Waals surface area (Å²) >= 11 is 0. The number of rotatable bonds is 0. The molecular formula is CH5B2N. The first kappa shape index (κ1) is 3.93. The maximum atomic E-state index is 4.85. The van der Waals surface area contributed by atoms with Crippen LogP contribution >= 0.6 is 0 Å². The molecular weight excluding hydrogens is 47.6 g/mol. The summed E-state index contributed by atoms with van der Waals surface area (Å²) < 4.78 is 0. The van der Waals surface area contributed by atoms with Crippen LogP contribution in [0.5, 0.6) is 0 Å². The first-order chi connectivity index (χ1) is 1.91. The molecule has 0 fully saturated rings. The molecule has 0 spiro atoms. The molecule has 0 atom stereocenters. The van der Waals surface area contributed by atoms with Crippen molar-refractivity contribution in [1.82, 2.24) is 0 Å². The first-order valence-electron chi connectivity index (χ1n) is 1.24. The van der Waals surface area contributed by atoms with E-state index in [0.717, 1.165) is 0 Å². The van der Waals surface area contributed by atoms with Gasteiger partial charge in [0.25, 0.3) is 0 Å². The fourth-order valence-corrected chi connectivity index (χ4v) is 0. The summed E-state index contributed by atoms with van der Waals surface area (Å²) in [6.07, 6.45) is 0. The predicted molar refractivity (Wildman–Crippen MR) is 21.6 cm³/mol. The quantitative estimate of drug-likeness (QED) is 0.360. The van der Waals surface area contributed by atoms with Crippen molar-refractivity contribution in [3.63, 3.8) is 0 Å². The SMILES string of the molecule is CB=BN. The summed E-state index contributed by atoms with van der Waals surface area (Å²) in [7, 11) is 0. The van der Waals surface area contributed by atoms with Crippen LogP contribution in [0.25, 0.3) is 0 Å². The van der Waals surface area contributed by atoms with Crippen LogP contribution in [0.3, 0.4) is 0 Å². The van der Waals surface area contributed by atoms with E-state index in [2.05, 4.69) is 0 Å². The molecule has 0 aliphatic heterocycles. The summed E-state index contributed by atoms with van der Waals surface area (Å²) in [6.45, 7) is 5.15. The van der Waals surface area contributed by atoms with Gasteiger partial charge in [0.15, 0.2) is 0 Å². The van der Waals surface area contributed by atoms with E-state index in [1.165, 1.54) is 6.94 Å². The van der Waals surface area contributed by atoms with E-state index in [1.54, 1.807) is 6.80 Å². The van der Waals surface area contributed by atoms with E-state index < -0.39 is 0 Å². The van der Waals surface area contributed by atoms with Crippen molar-refractivity contribution in [1.29, 1.82) is 0 Å². The Morgan fingerprint density at radius 1 is 1.75 bits per heavy atom. The Kier molecular flexibility index (Phi) is 2.88. The molecule has 0 aromatic carbocycles. The molecule has 0 saturated heterocycles. The molecule has 0 aliphatic rings. The number of hydrogen-bond acceptors (Lipinski definition) is 1. The van der Waals surface area contributed by atoms with Crippen LogP contribution in [0.4, 0.5) is 0 Å². The molecule has 0 unspecified atom stereocenters. The monoisotopic (exact) mass is 53.1 g/mol. The topological polar surface area (TPSA) is 26.0 Å². The second-order valence-corrected chi connectivity index (χ2v) is 0.526. The van der Waals surface area contributed by atoms with Crippen LogP contribution in [-0.2, 0) is 0 Å². The van der Waals surface area contributed by atoms with Crippen molar-refractivity contribution >= 4 is 13.7 Å². The van der Waals surface area contributed by atoms with Gasteiger partial charge in [-0.1, -0.05) is 0 Å². The minimum absolute atomic E-state index is 1.50. The van der Waals surface area contributed by atoms with Crippen molar-refractivity contribution < 1.29 is 0 Å². The Balaban J connectivity index is 2.55. The second kappa shape index (κ2) is 2.93. The zero-order valence-corrected chi connectivity index (χ0v) is 2.73. The van der Waals surface area contributed by atoms with E-state index in [1.807, 2.05) is 6.82 Å². The van der Waals surface area contributed by atoms with Gasteiger partial charge in [0.05, 0.1) is 0 Å². The van der Waals surface area contributed by atoms with Gasteiger partial charge in [-0.15, -0.1) is 0 Å². The summed E-state index contributed by atoms with van der Waals surface area (Å²) in [5.74, 6) is 0. The molecule has 1 nitrogen and oxygen atoms in total. The zero-order chi connectivity index (χ0) is 3.41. The molecule has 2 N–H and O–H groups in total. The molecule has 0 rings (SSSR count). The Bertz CT molecular complexity index is 21.2. The van der Waals surface area contributed by atoms with Gasteiger partial charge < -0.3 is 0 Å². The van der Waals surface area contributed by atoms with E-state index in [0.29, 0.717) is 0 Å². The van der Waals surface area contributed by atoms with Gasteiger partial charge in [-0.2, -0.15) is 0 Å². The molecule has 0 aromatic rings. The van der Waals surface area contributed by atoms with Crippen LogP contribution in [0.15, 0.2) is 0 Å². The summed E-state index contributed by atoms with van der Waals surface area (Å²) in [4.78, 5) is 0. The molecule has 20 valence electrons. The van der Waals surface area contributed by atoms with E-state index >= 15 is 0 Å². The van der Waals surface area contributed by atoms with Crippen molar-refractivity contribution in [2.75, 3.05) is 0 Å². The van der Waals surface area contributed by atoms with Crippen LogP contribution in [0.1, 0.15) is 0 Å². The Hall–Kier alpha value is -0.0701. The number of nitrogens with two attached hydrogens (primary N) is 1. The van der Waals surface area contributed by atoms with Gasteiger partial charge >= 0.3 is 26.2 Å². The molecule has 0 radical (unpaired) electrons. The van der Waals surface area contributed by atoms with Crippen LogP contribution in [-0.4, -0.2) is 13.7 Å². The fraction of sp³-hybridized carbons (Fsp3) is 1.00. The van der Waals surface area contributed by atoms with Gasteiger partial charge in [0.1, 0.15) is 0 Å². The van der Waals surface area contributed by atoms with E-state index in [4.69, 9.17) is 5.64 Å². The Morgan fingerprint density at radius 2 is 2.00 bits per heavy atom. The summed E-state index contributed by atoms with van der Waals surface area (Å²) in [6, 6.07) is 0. The van der Waals surface area contributed by atoms with Crippen LogP contribution < -0.4 is 5.64 Å². The van der Waals surface area contributed by atoms with Gasteiger partial charge in [-0.3, -0.25) is 0 Å². The van der Waals surface area contributed by atoms with Gasteiger partial charge in [-0.05, 0) is 0 Å². The normalized spacial score (nSPS) is 5.25. The Labute approximate surface area is 27.3 Å². The molecule has 0 saturated carbocycles. The average molecular weight is 52.7 g/mol. The van der Waals surface area contributed by atoms with Gasteiger partial charge in [-0.25, -0.2) is 0 Å². The third-order valence-electron chi connectivity index (χ3n) is 0.192. The van der Waals surface area contributed by atoms with Crippen molar-refractivity contribution in [2.45, 2.75) is 6.82 Å². The van der Waals surface area contributed by atoms with Crippen molar-refractivity contribution in [3.05, 3.63) is 0 Å². The maximum absolute atomic E-state index is 4.85. The first-order valence-corrected chi connectivity index (χ1v) is 1.24. The fourth-order valence-electron chi connectivity index (χ4n) is 0. The molecule has 0 aromatic heterocycles. The summed E-state index contributed by atoms with van der Waals surface area (Å²) in [5, 5.41) is 0. The molecule has 4 heavy (non-hydrogen) atoms. The molecule has 3 heteroatoms. The third-order valence-corrected chi connectivity index (χ3v) is 0.192. The average Bonchev–Trinajstić information content (AvgIpc) is 1.37. The molecule has 0 aliphatic carbocycles. The third kappa shape index (κ3) is 1.93. The zero-order valence-electron chi connectivity index (χ0n) is 2.73. The second-order valence-electron chi connectivity index (χ2n) is 0.526. The van der Waals surface area contributed by atoms with E-state index in [9.17, 15) is 0 Å². The molecule has 0 heterocycles. The molecule has 0 bridgehead atoms. The minimum atomic E-state index is 1.50. The van der Waals surface area contributed by atoms with Crippen molar-refractivity contribution in [2.24, 2.45) is 5.64 Å². The number of hydrogen-bond donors (Lipinski definition) is 1. The van der Waals surface area contributed by atoms with Crippen molar-refractivity contribution in [3.8, 4) is 0 Å².